The summed E-state index contributed by atoms with van der Waals surface area (Å²) < 4.78 is 25.3. The quantitative estimate of drug-likeness (QED) is 0.273. The van der Waals surface area contributed by atoms with Crippen molar-refractivity contribution in [3.8, 4) is 0 Å². The smallest absolute Gasteiger partial charge is 0.312 e. The summed E-state index contributed by atoms with van der Waals surface area (Å²) in [7, 11) is -3.40. The summed E-state index contributed by atoms with van der Waals surface area (Å²) >= 11 is 0. The molecule has 0 saturated carbocycles. The summed E-state index contributed by atoms with van der Waals surface area (Å²) in [6, 6.07) is -1.44. The molecule has 26 heavy (non-hydrogen) atoms. The van der Waals surface area contributed by atoms with Gasteiger partial charge in [-0.05, 0) is 30.2 Å². The van der Waals surface area contributed by atoms with Gasteiger partial charge in [0.1, 0.15) is 0 Å². The first-order valence-electron chi connectivity index (χ1n) is 8.36. The van der Waals surface area contributed by atoms with Crippen LogP contribution in [-0.2, 0) is 10.0 Å². The highest BCUT2D eigenvalue weighted by Crippen LogP contribution is 2.49. The van der Waals surface area contributed by atoms with Crippen LogP contribution >= 0.6 is 0 Å². The number of primary amides is 2. The molecule has 0 radical (unpaired) electrons. The van der Waals surface area contributed by atoms with Crippen LogP contribution in [0, 0.1) is 10.8 Å². The van der Waals surface area contributed by atoms with Crippen LogP contribution in [0.3, 0.4) is 0 Å². The zero-order valence-corrected chi connectivity index (χ0v) is 17.1. The van der Waals surface area contributed by atoms with E-state index < -0.39 is 38.5 Å². The maximum atomic E-state index is 11.8. The van der Waals surface area contributed by atoms with E-state index in [-0.39, 0.29) is 19.5 Å². The van der Waals surface area contributed by atoms with Gasteiger partial charge in [0.05, 0.1) is 11.8 Å². The van der Waals surface area contributed by atoms with Crippen LogP contribution in [0.5, 0.6) is 0 Å². The average molecular weight is 395 g/mol. The lowest BCUT2D eigenvalue weighted by molar-refractivity contribution is -0.00279. The number of nitrogens with one attached hydrogen (secondary N) is 3. The molecule has 154 valence electrons. The van der Waals surface area contributed by atoms with Gasteiger partial charge < -0.3 is 27.8 Å². The third kappa shape index (κ3) is 6.61. The summed E-state index contributed by atoms with van der Waals surface area (Å²) in [4.78, 5) is 22.8. The molecule has 9 N–H and O–H groups in total. The van der Waals surface area contributed by atoms with Crippen LogP contribution in [0.2, 0.25) is 0 Å². The van der Waals surface area contributed by atoms with E-state index in [0.29, 0.717) is 13.0 Å². The van der Waals surface area contributed by atoms with Gasteiger partial charge in [0.25, 0.3) is 0 Å². The first-order valence-corrected chi connectivity index (χ1v) is 10.2. The summed E-state index contributed by atoms with van der Waals surface area (Å²) in [6.07, 6.45) is 1.60. The van der Waals surface area contributed by atoms with Gasteiger partial charge in [0.15, 0.2) is 0 Å². The third-order valence-corrected chi connectivity index (χ3v) is 6.26. The molecule has 0 aliphatic rings. The summed E-state index contributed by atoms with van der Waals surface area (Å²) in [5.41, 5.74) is 14.5. The molecule has 1 atom stereocenters. The molecule has 10 nitrogen and oxygen atoms in total. The van der Waals surface area contributed by atoms with Crippen molar-refractivity contribution in [2.45, 2.75) is 46.1 Å². The topological polar surface area (TPSA) is 182 Å². The number of urea groups is 2. The highest BCUT2D eigenvalue weighted by atomic mass is 32.2. The Hall–Kier alpha value is -1.59. The highest BCUT2D eigenvalue weighted by Gasteiger charge is 2.52. The maximum absolute atomic E-state index is 11.8. The molecule has 0 saturated heterocycles. The standard InChI is InChI=1S/C15H34N6O4S/c1-13(2,10-16)14(3,4)15(21-12(18)23,6-8-19-11(17)22)7-9-20-26(5,24)25/h20H,6-10,16H2,1-5H3,(H3,17,19,22)(H3,18,21,23). The van der Waals surface area contributed by atoms with E-state index in [0.717, 1.165) is 6.26 Å². The first kappa shape index (κ1) is 24.4. The number of sulfonamides is 1. The number of carbonyl (C=O) groups excluding carboxylic acids is 2. The van der Waals surface area contributed by atoms with Crippen molar-refractivity contribution in [3.63, 3.8) is 0 Å². The molecule has 1 unspecified atom stereocenters. The SMILES string of the molecule is CC(C)(CN)C(C)(C)C(CCNC(N)=O)(CCNS(C)(=O)=O)NC(N)=O. The van der Waals surface area contributed by atoms with Crippen LogP contribution < -0.4 is 32.6 Å². The Bertz CT molecular complexity index is 605. The molecule has 0 aromatic carbocycles. The first-order chi connectivity index (χ1) is 11.6. The molecular formula is C15H34N6O4S. The van der Waals surface area contributed by atoms with Gasteiger partial charge in [0, 0.05) is 13.1 Å². The Morgan fingerprint density at radius 1 is 0.962 bits per heavy atom. The number of hydrogen-bond acceptors (Lipinski definition) is 5. The van der Waals surface area contributed by atoms with Crippen LogP contribution in [0.4, 0.5) is 9.59 Å². The second kappa shape index (κ2) is 8.87. The second-order valence-corrected chi connectivity index (χ2v) is 9.57. The number of nitrogens with two attached hydrogens (primary N) is 3. The van der Waals surface area contributed by atoms with Gasteiger partial charge in [0.2, 0.25) is 10.0 Å². The van der Waals surface area contributed by atoms with Gasteiger partial charge in [-0.1, -0.05) is 27.7 Å². The van der Waals surface area contributed by atoms with E-state index in [9.17, 15) is 18.0 Å². The molecule has 0 aromatic rings. The lowest BCUT2D eigenvalue weighted by Gasteiger charge is -2.55. The van der Waals surface area contributed by atoms with E-state index in [1.807, 2.05) is 27.7 Å². The fraction of sp³-hybridized carbons (Fsp3) is 0.867. The molecule has 0 heterocycles. The predicted octanol–water partition coefficient (Wildman–Crippen LogP) is -0.598. The monoisotopic (exact) mass is 394 g/mol. The molecule has 4 amide bonds. The fourth-order valence-corrected chi connectivity index (χ4v) is 3.49. The van der Waals surface area contributed by atoms with Crippen molar-refractivity contribution in [1.82, 2.24) is 15.4 Å². The molecule has 0 aliphatic heterocycles. The van der Waals surface area contributed by atoms with Crippen LogP contribution in [-0.4, -0.2) is 51.9 Å². The van der Waals surface area contributed by atoms with Crippen LogP contribution in [0.15, 0.2) is 0 Å². The number of carbonyl (C=O) groups is 2. The van der Waals surface area contributed by atoms with Crippen molar-refractivity contribution in [2.75, 3.05) is 25.9 Å². The predicted molar refractivity (Wildman–Crippen MR) is 102 cm³/mol. The summed E-state index contributed by atoms with van der Waals surface area (Å²) in [5.74, 6) is 0. The Balaban J connectivity index is 5.92. The third-order valence-electron chi connectivity index (χ3n) is 5.53. The highest BCUT2D eigenvalue weighted by molar-refractivity contribution is 7.88. The lowest BCUT2D eigenvalue weighted by atomic mass is 9.55. The fourth-order valence-electron chi connectivity index (χ4n) is 3.02. The van der Waals surface area contributed by atoms with Crippen molar-refractivity contribution in [1.29, 1.82) is 0 Å². The second-order valence-electron chi connectivity index (χ2n) is 7.74. The van der Waals surface area contributed by atoms with E-state index in [1.165, 1.54) is 0 Å². The molecule has 0 spiro atoms. The van der Waals surface area contributed by atoms with E-state index in [1.54, 1.807) is 0 Å². The molecular weight excluding hydrogens is 360 g/mol. The van der Waals surface area contributed by atoms with Crippen molar-refractivity contribution < 1.29 is 18.0 Å². The number of hydrogen-bond donors (Lipinski definition) is 6. The molecule has 0 bridgehead atoms. The molecule has 0 fully saturated rings. The minimum Gasteiger partial charge on any atom is -0.352 e. The molecule has 0 rings (SSSR count). The van der Waals surface area contributed by atoms with E-state index in [4.69, 9.17) is 17.2 Å². The zero-order chi connectivity index (χ0) is 20.8. The minimum atomic E-state index is -3.40. The van der Waals surface area contributed by atoms with Gasteiger partial charge in [-0.3, -0.25) is 0 Å². The van der Waals surface area contributed by atoms with Crippen molar-refractivity contribution in [2.24, 2.45) is 28.0 Å². The zero-order valence-electron chi connectivity index (χ0n) is 16.3. The number of rotatable bonds is 11. The van der Waals surface area contributed by atoms with Gasteiger partial charge in [-0.25, -0.2) is 22.7 Å². The largest absolute Gasteiger partial charge is 0.352 e. The number of amides is 4. The Morgan fingerprint density at radius 2 is 1.46 bits per heavy atom. The Labute approximate surface area is 156 Å². The van der Waals surface area contributed by atoms with Crippen molar-refractivity contribution in [3.05, 3.63) is 0 Å². The van der Waals surface area contributed by atoms with Gasteiger partial charge in [-0.2, -0.15) is 0 Å². The van der Waals surface area contributed by atoms with Crippen LogP contribution in [0.25, 0.3) is 0 Å². The normalized spacial score (nSPS) is 15.2. The summed E-state index contributed by atoms with van der Waals surface area (Å²) in [5, 5.41) is 5.29. The average Bonchev–Trinajstić information content (AvgIpc) is 2.44. The molecule has 11 heteroatoms. The van der Waals surface area contributed by atoms with Gasteiger partial charge >= 0.3 is 12.1 Å². The van der Waals surface area contributed by atoms with E-state index in [2.05, 4.69) is 15.4 Å². The molecule has 0 aliphatic carbocycles. The maximum Gasteiger partial charge on any atom is 0.312 e. The lowest BCUT2D eigenvalue weighted by Crippen LogP contribution is -2.66. The van der Waals surface area contributed by atoms with Gasteiger partial charge in [-0.15, -0.1) is 0 Å². The van der Waals surface area contributed by atoms with Crippen molar-refractivity contribution >= 4 is 22.1 Å². The Kier molecular flexibility index (Phi) is 8.33. The Morgan fingerprint density at radius 3 is 1.85 bits per heavy atom. The van der Waals surface area contributed by atoms with E-state index >= 15 is 0 Å². The van der Waals surface area contributed by atoms with Crippen LogP contribution in [0.1, 0.15) is 40.5 Å². The minimum absolute atomic E-state index is 0.0831. The summed E-state index contributed by atoms with van der Waals surface area (Å²) in [6.45, 7) is 8.36. The molecule has 0 aromatic heterocycles.